The third kappa shape index (κ3) is 4.72. The number of aryl methyl sites for hydroxylation is 2. The average molecular weight is 505 g/mol. The molecule has 2 N–H and O–H groups in total. The van der Waals surface area contributed by atoms with E-state index in [9.17, 15) is 0 Å². The normalized spacial score (nSPS) is 19.6. The first-order valence-corrected chi connectivity index (χ1v) is 8.51. The van der Waals surface area contributed by atoms with Gasteiger partial charge in [0, 0.05) is 23.5 Å². The third-order valence-corrected chi connectivity index (χ3v) is 4.64. The largest absolute Gasteiger partial charge is 0.444 e. The molecule has 130 valence electrons. The highest BCUT2D eigenvalue weighted by Gasteiger charge is 2.38. The SMILES string of the molecule is CN=C(NCc1nc(C)c(C)o1)NC1CC1c1ccc(Br)cc1.I. The van der Waals surface area contributed by atoms with Crippen molar-refractivity contribution in [2.75, 3.05) is 7.05 Å². The van der Waals surface area contributed by atoms with Gasteiger partial charge in [-0.3, -0.25) is 4.99 Å². The van der Waals surface area contributed by atoms with Gasteiger partial charge in [0.05, 0.1) is 12.2 Å². The molecule has 1 aromatic heterocycles. The summed E-state index contributed by atoms with van der Waals surface area (Å²) in [5, 5.41) is 6.71. The summed E-state index contributed by atoms with van der Waals surface area (Å²) in [6, 6.07) is 8.95. The molecule has 0 aliphatic heterocycles. The van der Waals surface area contributed by atoms with Crippen molar-refractivity contribution < 1.29 is 4.42 Å². The highest BCUT2D eigenvalue weighted by molar-refractivity contribution is 14.0. The van der Waals surface area contributed by atoms with Crippen LogP contribution >= 0.6 is 39.9 Å². The van der Waals surface area contributed by atoms with Gasteiger partial charge in [0.15, 0.2) is 5.96 Å². The van der Waals surface area contributed by atoms with Gasteiger partial charge in [-0.1, -0.05) is 28.1 Å². The van der Waals surface area contributed by atoms with Crippen LogP contribution in [-0.2, 0) is 6.54 Å². The summed E-state index contributed by atoms with van der Waals surface area (Å²) in [6.45, 7) is 4.40. The van der Waals surface area contributed by atoms with E-state index < -0.39 is 0 Å². The summed E-state index contributed by atoms with van der Waals surface area (Å²) in [6.07, 6.45) is 1.12. The summed E-state index contributed by atoms with van der Waals surface area (Å²) in [4.78, 5) is 8.64. The number of benzene rings is 1. The molecule has 1 fully saturated rings. The lowest BCUT2D eigenvalue weighted by atomic mass is 10.1. The van der Waals surface area contributed by atoms with E-state index >= 15 is 0 Å². The zero-order valence-electron chi connectivity index (χ0n) is 14.0. The van der Waals surface area contributed by atoms with Crippen molar-refractivity contribution in [1.82, 2.24) is 15.6 Å². The second kappa shape index (κ2) is 8.33. The van der Waals surface area contributed by atoms with Gasteiger partial charge >= 0.3 is 0 Å². The van der Waals surface area contributed by atoms with Crippen molar-refractivity contribution in [2.24, 2.45) is 4.99 Å². The number of oxazole rings is 1. The maximum Gasteiger partial charge on any atom is 0.214 e. The lowest BCUT2D eigenvalue weighted by Gasteiger charge is -2.10. The number of halogens is 2. The quantitative estimate of drug-likeness (QED) is 0.376. The predicted molar refractivity (Wildman–Crippen MR) is 110 cm³/mol. The zero-order valence-corrected chi connectivity index (χ0v) is 17.9. The van der Waals surface area contributed by atoms with E-state index in [0.29, 0.717) is 24.4 Å². The van der Waals surface area contributed by atoms with Crippen molar-refractivity contribution in [3.63, 3.8) is 0 Å². The van der Waals surface area contributed by atoms with Gasteiger partial charge in [0.1, 0.15) is 5.76 Å². The molecule has 0 saturated heterocycles. The van der Waals surface area contributed by atoms with E-state index in [0.717, 1.165) is 28.3 Å². The van der Waals surface area contributed by atoms with Crippen LogP contribution in [0.2, 0.25) is 0 Å². The maximum absolute atomic E-state index is 5.57. The second-order valence-corrected chi connectivity index (χ2v) is 6.74. The van der Waals surface area contributed by atoms with Crippen LogP contribution in [0.1, 0.15) is 35.2 Å². The fourth-order valence-electron chi connectivity index (χ4n) is 2.58. The van der Waals surface area contributed by atoms with Crippen LogP contribution in [0.15, 0.2) is 38.1 Å². The number of aliphatic imine (C=N–C) groups is 1. The number of guanidine groups is 1. The fraction of sp³-hybridized carbons (Fsp3) is 0.412. The standard InChI is InChI=1S/C17H21BrN4O.HI/c1-10-11(2)23-16(21-10)9-20-17(19-3)22-15-8-14(15)12-4-6-13(18)7-5-12;/h4-7,14-15H,8-9H2,1-3H3,(H2,19,20,22);1H. The van der Waals surface area contributed by atoms with E-state index in [1.54, 1.807) is 7.05 Å². The summed E-state index contributed by atoms with van der Waals surface area (Å²) >= 11 is 3.47. The molecule has 0 spiro atoms. The molecule has 2 aromatic rings. The van der Waals surface area contributed by atoms with Crippen LogP contribution < -0.4 is 10.6 Å². The van der Waals surface area contributed by atoms with Crippen LogP contribution in [0.25, 0.3) is 0 Å². The van der Waals surface area contributed by atoms with Gasteiger partial charge in [-0.2, -0.15) is 0 Å². The number of hydrogen-bond donors (Lipinski definition) is 2. The molecule has 0 amide bonds. The second-order valence-electron chi connectivity index (χ2n) is 5.82. The van der Waals surface area contributed by atoms with Crippen molar-refractivity contribution in [3.05, 3.63) is 51.6 Å². The topological polar surface area (TPSA) is 62.5 Å². The van der Waals surface area contributed by atoms with Gasteiger partial charge in [-0.15, -0.1) is 24.0 Å². The Bertz CT molecular complexity index is 694. The lowest BCUT2D eigenvalue weighted by Crippen LogP contribution is -2.38. The number of nitrogens with one attached hydrogen (secondary N) is 2. The van der Waals surface area contributed by atoms with E-state index in [1.165, 1.54) is 5.56 Å². The molecule has 3 rings (SSSR count). The molecule has 1 heterocycles. The Labute approximate surface area is 167 Å². The van der Waals surface area contributed by atoms with Gasteiger partial charge in [0.2, 0.25) is 5.89 Å². The van der Waals surface area contributed by atoms with Gasteiger partial charge in [-0.25, -0.2) is 4.98 Å². The first-order chi connectivity index (χ1) is 11.1. The smallest absolute Gasteiger partial charge is 0.214 e. The highest BCUT2D eigenvalue weighted by Crippen LogP contribution is 2.40. The number of nitrogens with zero attached hydrogens (tertiary/aromatic N) is 2. The summed E-state index contributed by atoms with van der Waals surface area (Å²) < 4.78 is 6.68. The van der Waals surface area contributed by atoms with E-state index in [1.807, 2.05) is 13.8 Å². The minimum Gasteiger partial charge on any atom is -0.444 e. The first-order valence-electron chi connectivity index (χ1n) is 7.72. The number of hydrogen-bond acceptors (Lipinski definition) is 3. The van der Waals surface area contributed by atoms with Crippen molar-refractivity contribution in [1.29, 1.82) is 0 Å². The Morgan fingerprint density at radius 3 is 2.62 bits per heavy atom. The van der Waals surface area contributed by atoms with Crippen molar-refractivity contribution in [2.45, 2.75) is 38.8 Å². The van der Waals surface area contributed by atoms with E-state index in [-0.39, 0.29) is 24.0 Å². The van der Waals surface area contributed by atoms with Gasteiger partial charge in [0.25, 0.3) is 0 Å². The van der Waals surface area contributed by atoms with Crippen molar-refractivity contribution in [3.8, 4) is 0 Å². The Kier molecular flexibility index (Phi) is 6.68. The third-order valence-electron chi connectivity index (χ3n) is 4.11. The molecule has 5 nitrogen and oxygen atoms in total. The molecule has 0 radical (unpaired) electrons. The van der Waals surface area contributed by atoms with Crippen molar-refractivity contribution >= 4 is 45.9 Å². The molecular formula is C17H22BrIN4O. The summed E-state index contributed by atoms with van der Waals surface area (Å²) in [5.41, 5.74) is 2.29. The monoisotopic (exact) mass is 504 g/mol. The molecule has 1 aromatic carbocycles. The lowest BCUT2D eigenvalue weighted by molar-refractivity contribution is 0.463. The van der Waals surface area contributed by atoms with Gasteiger partial charge < -0.3 is 15.1 Å². The van der Waals surface area contributed by atoms with Crippen LogP contribution in [0.5, 0.6) is 0 Å². The molecule has 0 bridgehead atoms. The van der Waals surface area contributed by atoms with Crippen LogP contribution in [0.4, 0.5) is 0 Å². The average Bonchev–Trinajstić information content (AvgIpc) is 3.23. The fourth-order valence-corrected chi connectivity index (χ4v) is 2.84. The Balaban J connectivity index is 0.00000208. The molecule has 2 unspecified atom stereocenters. The number of aromatic nitrogens is 1. The summed E-state index contributed by atoms with van der Waals surface area (Å²) in [5.74, 6) is 2.88. The van der Waals surface area contributed by atoms with Crippen LogP contribution in [-0.4, -0.2) is 24.0 Å². The molecule has 1 saturated carbocycles. The molecule has 1 aliphatic carbocycles. The number of rotatable bonds is 4. The summed E-state index contributed by atoms with van der Waals surface area (Å²) in [7, 11) is 1.78. The van der Waals surface area contributed by atoms with E-state index in [4.69, 9.17) is 4.42 Å². The zero-order chi connectivity index (χ0) is 16.4. The first kappa shape index (κ1) is 19.2. The van der Waals surface area contributed by atoms with Gasteiger partial charge in [-0.05, 0) is 38.0 Å². The van der Waals surface area contributed by atoms with Crippen LogP contribution in [0, 0.1) is 13.8 Å². The molecule has 1 aliphatic rings. The minimum absolute atomic E-state index is 0. The Hall–Kier alpha value is -1.09. The molecule has 24 heavy (non-hydrogen) atoms. The molecule has 7 heteroatoms. The minimum atomic E-state index is 0. The molecular weight excluding hydrogens is 483 g/mol. The predicted octanol–water partition coefficient (Wildman–Crippen LogP) is 3.89. The Morgan fingerprint density at radius 2 is 2.04 bits per heavy atom. The molecule has 2 atom stereocenters. The van der Waals surface area contributed by atoms with Crippen LogP contribution in [0.3, 0.4) is 0 Å². The Morgan fingerprint density at radius 1 is 1.33 bits per heavy atom. The highest BCUT2D eigenvalue weighted by atomic mass is 127. The maximum atomic E-state index is 5.57. The van der Waals surface area contributed by atoms with E-state index in [2.05, 4.69) is 60.8 Å².